The molecule has 0 atom stereocenters. The molecule has 1 rings (SSSR count). The molecule has 5 nitrogen and oxygen atoms in total. The van der Waals surface area contributed by atoms with Gasteiger partial charge in [0.1, 0.15) is 0 Å². The third-order valence-electron chi connectivity index (χ3n) is 2.15. The zero-order chi connectivity index (χ0) is 14.5. The highest BCUT2D eigenvalue weighted by atomic mass is 35.5. The lowest BCUT2D eigenvalue weighted by molar-refractivity contribution is -0.124. The molecule has 1 aromatic carbocycles. The van der Waals surface area contributed by atoms with Gasteiger partial charge in [0, 0.05) is 16.3 Å². The van der Waals surface area contributed by atoms with E-state index >= 15 is 0 Å². The van der Waals surface area contributed by atoms with Crippen molar-refractivity contribution in [2.24, 2.45) is 5.92 Å². The number of carbonyl (C=O) groups is 1. The number of hydrogen-bond acceptors (Lipinski definition) is 3. The summed E-state index contributed by atoms with van der Waals surface area (Å²) in [5.41, 5.74) is 2.80. The van der Waals surface area contributed by atoms with Crippen molar-refractivity contribution in [3.05, 3.63) is 40.3 Å². The van der Waals surface area contributed by atoms with Gasteiger partial charge in [-0.1, -0.05) is 37.6 Å². The molecule has 1 aromatic rings. The van der Waals surface area contributed by atoms with Gasteiger partial charge < -0.3 is 0 Å². The molecular weight excluding hydrogens is 288 g/mol. The number of benzene rings is 1. The van der Waals surface area contributed by atoms with Gasteiger partial charge in [0.2, 0.25) is 5.91 Å². The Hall–Kier alpha value is -1.37. The van der Waals surface area contributed by atoms with Crippen molar-refractivity contribution in [2.75, 3.05) is 0 Å². The summed E-state index contributed by atoms with van der Waals surface area (Å²) in [5.74, 6) is -0.702. The fourth-order valence-electron chi connectivity index (χ4n) is 1.04. The molecule has 0 radical (unpaired) electrons. The van der Waals surface area contributed by atoms with E-state index in [1.807, 2.05) is 4.83 Å². The SMILES string of the molecule is CC(C)C(=O)NNS(=O)(=O)/C=C/c1ccc(Cl)cc1. The first-order chi connectivity index (χ1) is 8.80. The molecule has 0 fully saturated rings. The molecule has 104 valence electrons. The molecule has 0 unspecified atom stereocenters. The summed E-state index contributed by atoms with van der Waals surface area (Å²) in [7, 11) is -3.71. The van der Waals surface area contributed by atoms with Crippen molar-refractivity contribution in [1.82, 2.24) is 10.3 Å². The second-order valence-electron chi connectivity index (χ2n) is 4.15. The monoisotopic (exact) mass is 302 g/mol. The number of halogens is 1. The number of rotatable bonds is 5. The topological polar surface area (TPSA) is 75.3 Å². The largest absolute Gasteiger partial charge is 0.277 e. The predicted octanol–water partition coefficient (Wildman–Crippen LogP) is 1.92. The van der Waals surface area contributed by atoms with E-state index < -0.39 is 15.9 Å². The Morgan fingerprint density at radius 3 is 2.37 bits per heavy atom. The predicted molar refractivity (Wildman–Crippen MR) is 75.5 cm³/mol. The summed E-state index contributed by atoms with van der Waals surface area (Å²) in [6.07, 6.45) is 1.40. The lowest BCUT2D eigenvalue weighted by Gasteiger charge is -2.07. The first-order valence-electron chi connectivity index (χ1n) is 5.55. The minimum absolute atomic E-state index is 0.303. The molecule has 1 amide bonds. The molecular formula is C12H15ClN2O3S. The van der Waals surface area contributed by atoms with E-state index in [2.05, 4.69) is 5.43 Å². The van der Waals surface area contributed by atoms with E-state index in [0.717, 1.165) is 5.41 Å². The van der Waals surface area contributed by atoms with E-state index in [-0.39, 0.29) is 5.92 Å². The normalized spacial score (nSPS) is 12.0. The number of nitrogens with one attached hydrogen (secondary N) is 2. The fourth-order valence-corrected chi connectivity index (χ4v) is 1.81. The van der Waals surface area contributed by atoms with Crippen LogP contribution in [0.25, 0.3) is 6.08 Å². The molecule has 0 aliphatic heterocycles. The van der Waals surface area contributed by atoms with Crippen LogP contribution in [0.2, 0.25) is 5.02 Å². The zero-order valence-corrected chi connectivity index (χ0v) is 12.1. The van der Waals surface area contributed by atoms with Crippen molar-refractivity contribution < 1.29 is 13.2 Å². The average molecular weight is 303 g/mol. The molecule has 0 aliphatic rings. The minimum Gasteiger partial charge on any atom is -0.277 e. The standard InChI is InChI=1S/C12H15ClN2O3S/c1-9(2)12(16)14-15-19(17,18)8-7-10-3-5-11(13)6-4-10/h3-9,15H,1-2H3,(H,14,16)/b8-7+. The summed E-state index contributed by atoms with van der Waals surface area (Å²) in [6, 6.07) is 6.67. The number of sulfonamides is 1. The summed E-state index contributed by atoms with van der Waals surface area (Å²) in [4.78, 5) is 13.2. The van der Waals surface area contributed by atoms with Crippen LogP contribution < -0.4 is 10.3 Å². The Bertz CT molecular complexity index is 565. The first kappa shape index (κ1) is 15.7. The maximum absolute atomic E-state index is 11.6. The van der Waals surface area contributed by atoms with Crippen molar-refractivity contribution in [3.63, 3.8) is 0 Å². The van der Waals surface area contributed by atoms with Crippen LogP contribution >= 0.6 is 11.6 Å². The van der Waals surface area contributed by atoms with Crippen LogP contribution in [0.15, 0.2) is 29.7 Å². The lowest BCUT2D eigenvalue weighted by Crippen LogP contribution is -2.42. The van der Waals surface area contributed by atoms with Crippen molar-refractivity contribution in [1.29, 1.82) is 0 Å². The number of hydrogen-bond donors (Lipinski definition) is 2. The van der Waals surface area contributed by atoms with Crippen LogP contribution in [0.5, 0.6) is 0 Å². The first-order valence-corrected chi connectivity index (χ1v) is 7.48. The van der Waals surface area contributed by atoms with Crippen LogP contribution in [0.1, 0.15) is 19.4 Å². The fraction of sp³-hybridized carbons (Fsp3) is 0.250. The van der Waals surface area contributed by atoms with Gasteiger partial charge in [-0.3, -0.25) is 10.2 Å². The average Bonchev–Trinajstić information content (AvgIpc) is 2.35. The molecule has 0 aliphatic carbocycles. The summed E-state index contributed by atoms with van der Waals surface area (Å²) in [5, 5.41) is 1.54. The maximum Gasteiger partial charge on any atom is 0.250 e. The second kappa shape index (κ2) is 6.70. The molecule has 0 aromatic heterocycles. The van der Waals surface area contributed by atoms with E-state index in [1.54, 1.807) is 38.1 Å². The van der Waals surface area contributed by atoms with E-state index in [9.17, 15) is 13.2 Å². The molecule has 0 saturated heterocycles. The highest BCUT2D eigenvalue weighted by molar-refractivity contribution is 7.92. The third kappa shape index (κ3) is 5.87. The number of amides is 1. The molecule has 0 spiro atoms. The zero-order valence-electron chi connectivity index (χ0n) is 10.6. The summed E-state index contributed by atoms with van der Waals surface area (Å²) in [6.45, 7) is 3.32. The molecule has 19 heavy (non-hydrogen) atoms. The van der Waals surface area contributed by atoms with Gasteiger partial charge in [0.25, 0.3) is 10.0 Å². The Labute approximate surface area is 117 Å². The number of hydrazine groups is 1. The highest BCUT2D eigenvalue weighted by Crippen LogP contribution is 2.10. The van der Waals surface area contributed by atoms with Crippen LogP contribution in [0, 0.1) is 5.92 Å². The van der Waals surface area contributed by atoms with Crippen LogP contribution in [-0.4, -0.2) is 14.3 Å². The Morgan fingerprint density at radius 2 is 1.84 bits per heavy atom. The third-order valence-corrected chi connectivity index (χ3v) is 3.28. The van der Waals surface area contributed by atoms with Gasteiger partial charge in [-0.05, 0) is 23.8 Å². The Morgan fingerprint density at radius 1 is 1.26 bits per heavy atom. The molecule has 2 N–H and O–H groups in total. The van der Waals surface area contributed by atoms with Gasteiger partial charge in [-0.2, -0.15) is 0 Å². The van der Waals surface area contributed by atoms with E-state index in [4.69, 9.17) is 11.6 Å². The van der Waals surface area contributed by atoms with Gasteiger partial charge in [-0.15, -0.1) is 4.83 Å². The van der Waals surface area contributed by atoms with E-state index in [1.165, 1.54) is 6.08 Å². The van der Waals surface area contributed by atoms with Crippen LogP contribution in [0.4, 0.5) is 0 Å². The molecule has 7 heteroatoms. The van der Waals surface area contributed by atoms with Gasteiger partial charge in [0.05, 0.1) is 0 Å². The lowest BCUT2D eigenvalue weighted by atomic mass is 10.2. The summed E-state index contributed by atoms with van der Waals surface area (Å²) < 4.78 is 23.1. The highest BCUT2D eigenvalue weighted by Gasteiger charge is 2.10. The smallest absolute Gasteiger partial charge is 0.250 e. The van der Waals surface area contributed by atoms with E-state index in [0.29, 0.717) is 10.6 Å². The number of carbonyl (C=O) groups excluding carboxylic acids is 1. The quantitative estimate of drug-likeness (QED) is 0.816. The van der Waals surface area contributed by atoms with Crippen LogP contribution in [-0.2, 0) is 14.8 Å². The molecule has 0 saturated carbocycles. The Kier molecular flexibility index (Phi) is 5.53. The summed E-state index contributed by atoms with van der Waals surface area (Å²) >= 11 is 5.71. The van der Waals surface area contributed by atoms with Gasteiger partial charge >= 0.3 is 0 Å². The van der Waals surface area contributed by atoms with Gasteiger partial charge in [-0.25, -0.2) is 8.42 Å². The second-order valence-corrected chi connectivity index (χ2v) is 6.15. The van der Waals surface area contributed by atoms with Crippen molar-refractivity contribution in [3.8, 4) is 0 Å². The van der Waals surface area contributed by atoms with Crippen molar-refractivity contribution >= 4 is 33.6 Å². The van der Waals surface area contributed by atoms with Crippen LogP contribution in [0.3, 0.4) is 0 Å². The maximum atomic E-state index is 11.6. The molecule has 0 heterocycles. The Balaban J connectivity index is 2.64. The molecule has 0 bridgehead atoms. The van der Waals surface area contributed by atoms with Gasteiger partial charge in [0.15, 0.2) is 0 Å². The van der Waals surface area contributed by atoms with Crippen molar-refractivity contribution in [2.45, 2.75) is 13.8 Å². The minimum atomic E-state index is -3.71.